The van der Waals surface area contributed by atoms with Crippen LogP contribution >= 0.6 is 27.5 Å². The molecule has 1 unspecified atom stereocenters. The minimum absolute atomic E-state index is 0.0321. The average Bonchev–Trinajstić information content (AvgIpc) is 3.23. The molecule has 34 heavy (non-hydrogen) atoms. The highest BCUT2D eigenvalue weighted by atomic mass is 79.9. The Morgan fingerprint density at radius 1 is 1.21 bits per heavy atom. The van der Waals surface area contributed by atoms with Gasteiger partial charge in [-0.3, -0.25) is 9.59 Å². The Labute approximate surface area is 213 Å². The molecule has 2 aromatic rings. The minimum atomic E-state index is -3.87. The van der Waals surface area contributed by atoms with Crippen molar-refractivity contribution in [3.63, 3.8) is 0 Å². The van der Waals surface area contributed by atoms with Crippen molar-refractivity contribution in [2.75, 3.05) is 29.9 Å². The van der Waals surface area contributed by atoms with Crippen molar-refractivity contribution in [2.45, 2.75) is 44.4 Å². The summed E-state index contributed by atoms with van der Waals surface area (Å²) in [5.41, 5.74) is 3.09. The Morgan fingerprint density at radius 2 is 1.97 bits per heavy atom. The fourth-order valence-corrected chi connectivity index (χ4v) is 7.24. The van der Waals surface area contributed by atoms with Crippen LogP contribution in [0.25, 0.3) is 0 Å². The number of nitrogens with zero attached hydrogens (tertiary/aromatic N) is 2. The molecular weight excluding hydrogens is 542 g/mol. The summed E-state index contributed by atoms with van der Waals surface area (Å²) in [5.74, 6) is -0.738. The first kappa shape index (κ1) is 25.2. The van der Waals surface area contributed by atoms with E-state index in [2.05, 4.69) is 21.2 Å². The van der Waals surface area contributed by atoms with Crippen molar-refractivity contribution >= 4 is 60.7 Å². The lowest BCUT2D eigenvalue weighted by atomic mass is 9.98. The zero-order valence-electron chi connectivity index (χ0n) is 19.1. The van der Waals surface area contributed by atoms with Crippen LogP contribution in [0.15, 0.2) is 39.7 Å². The van der Waals surface area contributed by atoms with E-state index >= 15 is 0 Å². The summed E-state index contributed by atoms with van der Waals surface area (Å²) < 4.78 is 29.1. The van der Waals surface area contributed by atoms with E-state index < -0.39 is 15.9 Å². The number of piperidine rings is 1. The third kappa shape index (κ3) is 4.89. The normalized spacial score (nSPS) is 18.6. The zero-order valence-corrected chi connectivity index (χ0v) is 22.3. The number of amides is 2. The number of halogens is 2. The first-order valence-electron chi connectivity index (χ1n) is 11.3. The van der Waals surface area contributed by atoms with Crippen molar-refractivity contribution in [1.29, 1.82) is 0 Å². The van der Waals surface area contributed by atoms with E-state index in [0.717, 1.165) is 11.1 Å². The quantitative estimate of drug-likeness (QED) is 0.564. The summed E-state index contributed by atoms with van der Waals surface area (Å²) in [7, 11) is -3.87. The summed E-state index contributed by atoms with van der Waals surface area (Å²) in [6.07, 6.45) is 2.22. The first-order chi connectivity index (χ1) is 16.1. The molecule has 182 valence electrons. The van der Waals surface area contributed by atoms with Gasteiger partial charge in [-0.2, -0.15) is 4.31 Å². The van der Waals surface area contributed by atoms with Crippen molar-refractivity contribution in [2.24, 2.45) is 5.92 Å². The topological polar surface area (TPSA) is 86.8 Å². The standard InChI is InChI=1S/C24H27BrClN3O4S/c1-3-23(30)29-10-8-16-11-19(25)22(13-21(16)29)34(32,33)28-9-4-5-17(14-28)24(31)27-18-7-6-15(2)20(26)12-18/h6-7,11-13,17H,3-5,8-10,14H2,1-2H3,(H,27,31). The molecule has 7 nitrogen and oxygen atoms in total. The highest BCUT2D eigenvalue weighted by molar-refractivity contribution is 9.10. The molecule has 2 heterocycles. The van der Waals surface area contributed by atoms with Crippen LogP contribution in [0.4, 0.5) is 11.4 Å². The zero-order chi connectivity index (χ0) is 24.6. The number of aryl methyl sites for hydroxylation is 1. The number of hydrogen-bond donors (Lipinski definition) is 1. The smallest absolute Gasteiger partial charge is 0.244 e. The van der Waals surface area contributed by atoms with E-state index in [1.807, 2.05) is 13.0 Å². The van der Waals surface area contributed by atoms with Crippen LogP contribution in [-0.4, -0.2) is 44.2 Å². The molecule has 0 spiro atoms. The van der Waals surface area contributed by atoms with Crippen LogP contribution in [0.3, 0.4) is 0 Å². The number of benzene rings is 2. The molecule has 0 aromatic heterocycles. The van der Waals surface area contributed by atoms with Gasteiger partial charge in [-0.25, -0.2) is 8.42 Å². The van der Waals surface area contributed by atoms with Crippen LogP contribution in [-0.2, 0) is 26.0 Å². The first-order valence-corrected chi connectivity index (χ1v) is 13.9. The predicted octanol–water partition coefficient (Wildman–Crippen LogP) is 4.75. The molecule has 0 radical (unpaired) electrons. The minimum Gasteiger partial charge on any atom is -0.326 e. The second-order valence-electron chi connectivity index (χ2n) is 8.72. The number of nitrogens with one attached hydrogen (secondary N) is 1. The van der Waals surface area contributed by atoms with Crippen molar-refractivity contribution in [3.05, 3.63) is 51.0 Å². The summed E-state index contributed by atoms with van der Waals surface area (Å²) in [6.45, 7) is 4.65. The Hall–Kier alpha value is -1.94. The SMILES string of the molecule is CCC(=O)N1CCc2cc(Br)c(S(=O)(=O)N3CCCC(C(=O)Nc4ccc(C)c(Cl)c4)C3)cc21. The second-order valence-corrected chi connectivity index (χ2v) is 11.9. The predicted molar refractivity (Wildman–Crippen MR) is 137 cm³/mol. The fourth-order valence-electron chi connectivity index (χ4n) is 4.46. The third-order valence-electron chi connectivity index (χ3n) is 6.44. The van der Waals surface area contributed by atoms with Gasteiger partial charge in [0, 0.05) is 46.9 Å². The van der Waals surface area contributed by atoms with Crippen molar-refractivity contribution in [1.82, 2.24) is 4.31 Å². The fraction of sp³-hybridized carbons (Fsp3) is 0.417. The van der Waals surface area contributed by atoms with Gasteiger partial charge in [-0.05, 0) is 77.5 Å². The van der Waals surface area contributed by atoms with Gasteiger partial charge < -0.3 is 10.2 Å². The molecule has 1 fully saturated rings. The lowest BCUT2D eigenvalue weighted by molar-refractivity contribution is -0.121. The number of rotatable bonds is 5. The number of hydrogen-bond acceptors (Lipinski definition) is 4. The molecule has 2 amide bonds. The monoisotopic (exact) mass is 567 g/mol. The van der Waals surface area contributed by atoms with Gasteiger partial charge in [0.25, 0.3) is 0 Å². The molecule has 0 bridgehead atoms. The summed E-state index contributed by atoms with van der Waals surface area (Å²) in [6, 6.07) is 8.68. The number of sulfonamides is 1. The van der Waals surface area contributed by atoms with Gasteiger partial charge >= 0.3 is 0 Å². The second kappa shape index (κ2) is 9.97. The average molecular weight is 569 g/mol. The van der Waals surface area contributed by atoms with Gasteiger partial charge in [0.15, 0.2) is 0 Å². The number of fused-ring (bicyclic) bond motifs is 1. The van der Waals surface area contributed by atoms with Gasteiger partial charge in [-0.15, -0.1) is 0 Å². The highest BCUT2D eigenvalue weighted by Gasteiger charge is 2.36. The summed E-state index contributed by atoms with van der Waals surface area (Å²) >= 11 is 9.59. The molecule has 0 saturated carbocycles. The van der Waals surface area contributed by atoms with Crippen molar-refractivity contribution < 1.29 is 18.0 Å². The van der Waals surface area contributed by atoms with Gasteiger partial charge in [-0.1, -0.05) is 24.6 Å². The van der Waals surface area contributed by atoms with Crippen molar-refractivity contribution in [3.8, 4) is 0 Å². The van der Waals surface area contributed by atoms with E-state index in [-0.39, 0.29) is 23.3 Å². The molecule has 1 saturated heterocycles. The Kier molecular flexibility index (Phi) is 7.38. The van der Waals surface area contributed by atoms with E-state index in [4.69, 9.17) is 11.6 Å². The molecule has 2 aromatic carbocycles. The van der Waals surface area contributed by atoms with Gasteiger partial charge in [0.1, 0.15) is 0 Å². The van der Waals surface area contributed by atoms with Gasteiger partial charge in [0.05, 0.1) is 10.8 Å². The molecule has 4 rings (SSSR count). The molecule has 2 aliphatic rings. The molecule has 10 heteroatoms. The van der Waals surface area contributed by atoms with E-state index in [9.17, 15) is 18.0 Å². The maximum atomic E-state index is 13.6. The molecular formula is C24H27BrClN3O4S. The number of carbonyl (C=O) groups excluding carboxylic acids is 2. The molecule has 2 aliphatic heterocycles. The molecule has 1 N–H and O–H groups in total. The molecule has 0 aliphatic carbocycles. The third-order valence-corrected chi connectivity index (χ3v) is 9.68. The van der Waals surface area contributed by atoms with E-state index in [1.165, 1.54) is 4.31 Å². The largest absolute Gasteiger partial charge is 0.326 e. The maximum absolute atomic E-state index is 13.6. The van der Waals surface area contributed by atoms with E-state index in [0.29, 0.717) is 59.6 Å². The van der Waals surface area contributed by atoms with Crippen LogP contribution in [0.1, 0.15) is 37.3 Å². The van der Waals surface area contributed by atoms with Crippen LogP contribution in [0.5, 0.6) is 0 Å². The molecule has 1 atom stereocenters. The lowest BCUT2D eigenvalue weighted by Gasteiger charge is -2.31. The number of anilines is 2. The Bertz CT molecular complexity index is 1250. The lowest BCUT2D eigenvalue weighted by Crippen LogP contribution is -2.43. The van der Waals surface area contributed by atoms with Crippen LogP contribution in [0, 0.1) is 12.8 Å². The Morgan fingerprint density at radius 3 is 2.68 bits per heavy atom. The number of carbonyl (C=O) groups is 2. The Balaban J connectivity index is 1.55. The highest BCUT2D eigenvalue weighted by Crippen LogP contribution is 2.37. The van der Waals surface area contributed by atoms with Gasteiger partial charge in [0.2, 0.25) is 21.8 Å². The summed E-state index contributed by atoms with van der Waals surface area (Å²) in [4.78, 5) is 27.0. The van der Waals surface area contributed by atoms with E-state index in [1.54, 1.807) is 36.1 Å². The van der Waals surface area contributed by atoms with Crippen LogP contribution in [0.2, 0.25) is 5.02 Å². The van der Waals surface area contributed by atoms with Crippen LogP contribution < -0.4 is 10.2 Å². The maximum Gasteiger partial charge on any atom is 0.244 e. The summed E-state index contributed by atoms with van der Waals surface area (Å²) in [5, 5.41) is 3.42.